The maximum absolute atomic E-state index is 13.4. The highest BCUT2D eigenvalue weighted by Gasteiger charge is 2.18. The number of hydrogen-bond acceptors (Lipinski definition) is 2. The fraction of sp³-hybridized carbons (Fsp3) is 0.500. The second-order valence-corrected chi connectivity index (χ2v) is 4.71. The summed E-state index contributed by atoms with van der Waals surface area (Å²) in [7, 11) is 0. The van der Waals surface area contributed by atoms with Crippen molar-refractivity contribution in [1.82, 2.24) is 5.32 Å². The van der Waals surface area contributed by atoms with Crippen LogP contribution in [0.3, 0.4) is 0 Å². The molecule has 1 unspecified atom stereocenters. The predicted molar refractivity (Wildman–Crippen MR) is 65.6 cm³/mol. The van der Waals surface area contributed by atoms with Crippen LogP contribution in [0.2, 0.25) is 0 Å². The molecule has 0 aliphatic carbocycles. The van der Waals surface area contributed by atoms with Gasteiger partial charge in [0.1, 0.15) is 0 Å². The third-order valence-corrected chi connectivity index (χ3v) is 3.38. The molecule has 1 N–H and O–H groups in total. The van der Waals surface area contributed by atoms with Crippen LogP contribution in [0.5, 0.6) is 0 Å². The van der Waals surface area contributed by atoms with Crippen LogP contribution < -0.4 is 5.32 Å². The van der Waals surface area contributed by atoms with Crippen LogP contribution in [-0.4, -0.2) is 18.4 Å². The van der Waals surface area contributed by atoms with E-state index in [9.17, 15) is 13.6 Å². The zero-order chi connectivity index (χ0) is 13.0. The van der Waals surface area contributed by atoms with Crippen molar-refractivity contribution in [1.29, 1.82) is 0 Å². The number of ketones is 1. The molecule has 0 aromatic heterocycles. The molecule has 2 rings (SSSR count). The molecule has 1 fully saturated rings. The molecule has 98 valence electrons. The van der Waals surface area contributed by atoms with Gasteiger partial charge in [0.05, 0.1) is 5.56 Å². The number of benzene rings is 1. The Morgan fingerprint density at radius 2 is 2.17 bits per heavy atom. The Hall–Kier alpha value is -1.29. The van der Waals surface area contributed by atoms with Crippen molar-refractivity contribution in [2.45, 2.75) is 38.1 Å². The third-order valence-electron chi connectivity index (χ3n) is 3.38. The summed E-state index contributed by atoms with van der Waals surface area (Å²) in [6.45, 7) is 0.979. The lowest BCUT2D eigenvalue weighted by atomic mass is 9.97. The van der Waals surface area contributed by atoms with E-state index in [0.29, 0.717) is 12.5 Å². The van der Waals surface area contributed by atoms with Crippen LogP contribution in [0.25, 0.3) is 0 Å². The summed E-state index contributed by atoms with van der Waals surface area (Å²) < 4.78 is 26.4. The van der Waals surface area contributed by atoms with E-state index in [1.54, 1.807) is 0 Å². The minimum atomic E-state index is -1.03. The van der Waals surface area contributed by atoms with Gasteiger partial charge in [-0.2, -0.15) is 0 Å². The summed E-state index contributed by atoms with van der Waals surface area (Å²) in [6.07, 6.45) is 4.34. The van der Waals surface area contributed by atoms with Gasteiger partial charge in [-0.05, 0) is 37.9 Å². The third kappa shape index (κ3) is 3.13. The molecule has 0 bridgehead atoms. The van der Waals surface area contributed by atoms with Crippen molar-refractivity contribution in [2.24, 2.45) is 0 Å². The van der Waals surface area contributed by atoms with E-state index in [1.807, 2.05) is 0 Å². The van der Waals surface area contributed by atoms with Crippen molar-refractivity contribution < 1.29 is 13.6 Å². The maximum Gasteiger partial charge on any atom is 0.169 e. The zero-order valence-electron chi connectivity index (χ0n) is 10.2. The molecule has 1 aliphatic rings. The fourth-order valence-corrected chi connectivity index (χ4v) is 2.33. The Labute approximate surface area is 105 Å². The van der Waals surface area contributed by atoms with Gasteiger partial charge >= 0.3 is 0 Å². The summed E-state index contributed by atoms with van der Waals surface area (Å²) in [5, 5.41) is 3.33. The molecule has 0 radical (unpaired) electrons. The van der Waals surface area contributed by atoms with E-state index >= 15 is 0 Å². The number of hydrogen-bond donors (Lipinski definition) is 1. The second-order valence-electron chi connectivity index (χ2n) is 4.71. The summed E-state index contributed by atoms with van der Waals surface area (Å²) >= 11 is 0. The molecular formula is C14H17F2NO. The van der Waals surface area contributed by atoms with Crippen molar-refractivity contribution in [2.75, 3.05) is 6.54 Å². The number of halogens is 2. The summed E-state index contributed by atoms with van der Waals surface area (Å²) in [5.74, 6) is -2.31. The van der Waals surface area contributed by atoms with Crippen LogP contribution >= 0.6 is 0 Å². The second kappa shape index (κ2) is 6.05. The van der Waals surface area contributed by atoms with E-state index in [0.717, 1.165) is 19.0 Å². The van der Waals surface area contributed by atoms with Crippen molar-refractivity contribution in [3.05, 3.63) is 35.4 Å². The molecule has 0 saturated carbocycles. The number of nitrogens with one attached hydrogen (secondary N) is 1. The summed E-state index contributed by atoms with van der Waals surface area (Å²) in [4.78, 5) is 11.8. The van der Waals surface area contributed by atoms with Crippen LogP contribution in [0, 0.1) is 11.6 Å². The highest BCUT2D eigenvalue weighted by Crippen LogP contribution is 2.17. The molecule has 4 heteroatoms. The van der Waals surface area contributed by atoms with Crippen LogP contribution in [0.4, 0.5) is 8.78 Å². The Bertz CT molecular complexity index is 428. The molecule has 1 aromatic carbocycles. The molecule has 1 aromatic rings. The van der Waals surface area contributed by atoms with Crippen LogP contribution in [-0.2, 0) is 0 Å². The standard InChI is InChI=1S/C14H17F2NO/c15-12-6-3-5-11(14(12)16)13(18)8-7-10-4-1-2-9-17-10/h3,5-6,10,17H,1-2,4,7-9H2. The Kier molecular flexibility index (Phi) is 4.42. The van der Waals surface area contributed by atoms with Gasteiger partial charge in [0.2, 0.25) is 0 Å². The van der Waals surface area contributed by atoms with Crippen molar-refractivity contribution >= 4 is 5.78 Å². The minimum Gasteiger partial charge on any atom is -0.314 e. The van der Waals surface area contributed by atoms with Gasteiger partial charge in [-0.15, -0.1) is 0 Å². The average Bonchev–Trinajstić information content (AvgIpc) is 2.40. The summed E-state index contributed by atoms with van der Waals surface area (Å²) in [6, 6.07) is 4.06. The van der Waals surface area contributed by atoms with Crippen molar-refractivity contribution in [3.63, 3.8) is 0 Å². The van der Waals surface area contributed by atoms with E-state index in [-0.39, 0.29) is 17.8 Å². The van der Waals surface area contributed by atoms with Crippen LogP contribution in [0.15, 0.2) is 18.2 Å². The van der Waals surface area contributed by atoms with Gasteiger partial charge in [-0.1, -0.05) is 12.5 Å². The van der Waals surface area contributed by atoms with Gasteiger partial charge in [0.25, 0.3) is 0 Å². The molecule has 2 nitrogen and oxygen atoms in total. The Morgan fingerprint density at radius 3 is 2.89 bits per heavy atom. The quantitative estimate of drug-likeness (QED) is 0.835. The van der Waals surface area contributed by atoms with Gasteiger partial charge in [0.15, 0.2) is 17.4 Å². The first kappa shape index (κ1) is 13.1. The molecule has 1 aliphatic heterocycles. The largest absolute Gasteiger partial charge is 0.314 e. The Morgan fingerprint density at radius 1 is 1.33 bits per heavy atom. The van der Waals surface area contributed by atoms with Gasteiger partial charge in [-0.25, -0.2) is 8.78 Å². The first-order valence-corrected chi connectivity index (χ1v) is 6.39. The molecule has 0 amide bonds. The SMILES string of the molecule is O=C(CCC1CCCCN1)c1cccc(F)c1F. The van der Waals surface area contributed by atoms with Crippen LogP contribution in [0.1, 0.15) is 42.5 Å². The van der Waals surface area contributed by atoms with Gasteiger partial charge in [-0.3, -0.25) is 4.79 Å². The smallest absolute Gasteiger partial charge is 0.169 e. The van der Waals surface area contributed by atoms with Crippen molar-refractivity contribution in [3.8, 4) is 0 Å². The van der Waals surface area contributed by atoms with Gasteiger partial charge in [0, 0.05) is 12.5 Å². The first-order chi connectivity index (χ1) is 8.68. The monoisotopic (exact) mass is 253 g/mol. The Balaban J connectivity index is 1.93. The molecule has 1 atom stereocenters. The van der Waals surface area contributed by atoms with Gasteiger partial charge < -0.3 is 5.32 Å². The topological polar surface area (TPSA) is 29.1 Å². The predicted octanol–water partition coefficient (Wildman–Crippen LogP) is 3.07. The number of rotatable bonds is 4. The minimum absolute atomic E-state index is 0.134. The highest BCUT2D eigenvalue weighted by atomic mass is 19.2. The molecule has 1 saturated heterocycles. The highest BCUT2D eigenvalue weighted by molar-refractivity contribution is 5.96. The normalized spacial score (nSPS) is 19.8. The maximum atomic E-state index is 13.4. The zero-order valence-corrected chi connectivity index (χ0v) is 10.2. The van der Waals surface area contributed by atoms with E-state index in [2.05, 4.69) is 5.32 Å². The molecule has 18 heavy (non-hydrogen) atoms. The molecular weight excluding hydrogens is 236 g/mol. The lowest BCUT2D eigenvalue weighted by molar-refractivity contribution is 0.0969. The lowest BCUT2D eigenvalue weighted by Crippen LogP contribution is -2.34. The first-order valence-electron chi connectivity index (χ1n) is 6.39. The molecule has 1 heterocycles. The average molecular weight is 253 g/mol. The summed E-state index contributed by atoms with van der Waals surface area (Å²) in [5.41, 5.74) is -0.134. The fourth-order valence-electron chi connectivity index (χ4n) is 2.33. The van der Waals surface area contributed by atoms with E-state index < -0.39 is 11.6 Å². The van der Waals surface area contributed by atoms with E-state index in [4.69, 9.17) is 0 Å². The number of Topliss-reactive ketones (excluding diaryl/α,β-unsaturated/α-hetero) is 1. The number of carbonyl (C=O) groups is 1. The lowest BCUT2D eigenvalue weighted by Gasteiger charge is -2.23. The van der Waals surface area contributed by atoms with E-state index in [1.165, 1.54) is 25.0 Å². The molecule has 0 spiro atoms. The number of piperidine rings is 1. The number of carbonyl (C=O) groups excluding carboxylic acids is 1.